The zero-order valence-corrected chi connectivity index (χ0v) is 9.28. The summed E-state index contributed by atoms with van der Waals surface area (Å²) in [6, 6.07) is 4.33. The van der Waals surface area contributed by atoms with Gasteiger partial charge in [0, 0.05) is 21.6 Å². The zero-order valence-electron chi connectivity index (χ0n) is 7.70. The van der Waals surface area contributed by atoms with Crippen molar-refractivity contribution in [3.63, 3.8) is 0 Å². The average molecular weight is 269 g/mol. The van der Waals surface area contributed by atoms with Crippen molar-refractivity contribution < 1.29 is 9.90 Å². The fourth-order valence-electron chi connectivity index (χ4n) is 1.44. The van der Waals surface area contributed by atoms with Crippen LogP contribution in [0.15, 0.2) is 28.9 Å². The molecule has 78 valence electrons. The first kappa shape index (κ1) is 10.2. The highest BCUT2D eigenvalue weighted by Gasteiger charge is 2.15. The first-order valence-corrected chi connectivity index (χ1v) is 5.14. The minimum atomic E-state index is -1.03. The molecule has 0 radical (unpaired) electrons. The maximum Gasteiger partial charge on any atom is 0.325 e. The Morgan fingerprint density at radius 2 is 2.27 bits per heavy atom. The number of aliphatic carboxylic acids is 1. The van der Waals surface area contributed by atoms with Crippen LogP contribution < -0.4 is 5.73 Å². The molecule has 15 heavy (non-hydrogen) atoms. The van der Waals surface area contributed by atoms with Crippen LogP contribution >= 0.6 is 15.9 Å². The van der Waals surface area contributed by atoms with Crippen molar-refractivity contribution in [2.75, 3.05) is 0 Å². The maximum atomic E-state index is 10.7. The lowest BCUT2D eigenvalue weighted by molar-refractivity contribution is -0.138. The van der Waals surface area contributed by atoms with Gasteiger partial charge in [0.25, 0.3) is 0 Å². The number of fused-ring (bicyclic) bond motifs is 1. The summed E-state index contributed by atoms with van der Waals surface area (Å²) in [5, 5.41) is 9.72. The van der Waals surface area contributed by atoms with E-state index in [2.05, 4.69) is 20.9 Å². The molecule has 0 spiro atoms. The summed E-state index contributed by atoms with van der Waals surface area (Å²) < 4.78 is 0.900. The van der Waals surface area contributed by atoms with Crippen LogP contribution in [-0.2, 0) is 4.79 Å². The molecule has 5 heteroatoms. The normalized spacial score (nSPS) is 12.9. The van der Waals surface area contributed by atoms with Crippen LogP contribution in [0, 0.1) is 0 Å². The van der Waals surface area contributed by atoms with Gasteiger partial charge >= 0.3 is 5.97 Å². The number of hydrogen-bond acceptors (Lipinski definition) is 2. The number of nitrogens with one attached hydrogen (secondary N) is 1. The van der Waals surface area contributed by atoms with Gasteiger partial charge in [-0.2, -0.15) is 0 Å². The van der Waals surface area contributed by atoms with Gasteiger partial charge in [-0.05, 0) is 33.6 Å². The summed E-state index contributed by atoms with van der Waals surface area (Å²) in [6.07, 6.45) is 1.81. The second-order valence-electron chi connectivity index (χ2n) is 3.26. The smallest absolute Gasteiger partial charge is 0.325 e. The lowest BCUT2D eigenvalue weighted by atomic mass is 10.1. The molecule has 0 saturated heterocycles. The lowest BCUT2D eigenvalue weighted by Gasteiger charge is -2.06. The molecule has 0 fully saturated rings. The zero-order chi connectivity index (χ0) is 11.0. The third-order valence-electron chi connectivity index (χ3n) is 2.28. The number of carboxylic acid groups (broad SMARTS) is 1. The van der Waals surface area contributed by atoms with E-state index in [0.29, 0.717) is 5.56 Å². The van der Waals surface area contributed by atoms with Crippen molar-refractivity contribution in [1.82, 2.24) is 4.98 Å². The fraction of sp³-hybridized carbons (Fsp3) is 0.100. The lowest BCUT2D eigenvalue weighted by Crippen LogP contribution is -2.20. The van der Waals surface area contributed by atoms with Crippen LogP contribution in [0.2, 0.25) is 0 Å². The van der Waals surface area contributed by atoms with Gasteiger partial charge in [-0.1, -0.05) is 6.07 Å². The van der Waals surface area contributed by atoms with Crippen LogP contribution in [0.5, 0.6) is 0 Å². The summed E-state index contributed by atoms with van der Waals surface area (Å²) in [5.41, 5.74) is 7.06. The molecule has 1 aromatic heterocycles. The average Bonchev–Trinajstić information content (AvgIpc) is 2.59. The van der Waals surface area contributed by atoms with Crippen LogP contribution in [0.25, 0.3) is 10.9 Å². The number of nitrogens with two attached hydrogens (primary N) is 1. The van der Waals surface area contributed by atoms with E-state index in [0.717, 1.165) is 15.4 Å². The van der Waals surface area contributed by atoms with Crippen molar-refractivity contribution in [2.24, 2.45) is 5.73 Å². The van der Waals surface area contributed by atoms with Gasteiger partial charge in [0.15, 0.2) is 0 Å². The summed E-state index contributed by atoms with van der Waals surface area (Å²) >= 11 is 3.37. The number of halogens is 1. The van der Waals surface area contributed by atoms with Crippen molar-refractivity contribution in [3.05, 3.63) is 34.4 Å². The molecule has 2 aromatic rings. The van der Waals surface area contributed by atoms with Crippen molar-refractivity contribution >= 4 is 32.8 Å². The van der Waals surface area contributed by atoms with Crippen molar-refractivity contribution in [2.45, 2.75) is 6.04 Å². The second-order valence-corrected chi connectivity index (χ2v) is 4.11. The molecule has 0 saturated carbocycles. The molecule has 4 nitrogen and oxygen atoms in total. The number of hydrogen-bond donors (Lipinski definition) is 3. The van der Waals surface area contributed by atoms with E-state index in [9.17, 15) is 4.79 Å². The Kier molecular flexibility index (Phi) is 2.50. The number of H-pyrrole nitrogens is 1. The van der Waals surface area contributed by atoms with Crippen LogP contribution in [-0.4, -0.2) is 16.1 Å². The van der Waals surface area contributed by atoms with Gasteiger partial charge < -0.3 is 15.8 Å². The number of rotatable bonds is 2. The molecular weight excluding hydrogens is 260 g/mol. The predicted molar refractivity (Wildman–Crippen MR) is 60.6 cm³/mol. The summed E-state index contributed by atoms with van der Waals surface area (Å²) in [5.74, 6) is -1.03. The van der Waals surface area contributed by atoms with Gasteiger partial charge in [0.1, 0.15) is 6.04 Å². The monoisotopic (exact) mass is 268 g/mol. The maximum absolute atomic E-state index is 10.7. The van der Waals surface area contributed by atoms with Crippen LogP contribution in [0.4, 0.5) is 0 Å². The van der Waals surface area contributed by atoms with E-state index >= 15 is 0 Å². The predicted octanol–water partition coefficient (Wildman–Crippen LogP) is 2.01. The molecule has 1 atom stereocenters. The summed E-state index contributed by atoms with van der Waals surface area (Å²) in [7, 11) is 0. The largest absolute Gasteiger partial charge is 0.480 e. The van der Waals surface area contributed by atoms with E-state index in [1.54, 1.807) is 18.3 Å². The van der Waals surface area contributed by atoms with Crippen LogP contribution in [0.1, 0.15) is 11.6 Å². The van der Waals surface area contributed by atoms with E-state index < -0.39 is 12.0 Å². The molecular formula is C10H9BrN2O2. The first-order chi connectivity index (χ1) is 7.09. The number of benzene rings is 1. The molecule has 0 aliphatic rings. The Morgan fingerprint density at radius 3 is 2.93 bits per heavy atom. The van der Waals surface area contributed by atoms with E-state index in [1.807, 2.05) is 6.07 Å². The third-order valence-corrected chi connectivity index (χ3v) is 2.94. The molecule has 0 aliphatic heterocycles. The molecule has 4 N–H and O–H groups in total. The van der Waals surface area contributed by atoms with Gasteiger partial charge in [-0.3, -0.25) is 4.79 Å². The Bertz CT molecular complexity index is 521. The minimum Gasteiger partial charge on any atom is -0.480 e. The summed E-state index contributed by atoms with van der Waals surface area (Å²) in [4.78, 5) is 13.8. The Labute approximate surface area is 94.2 Å². The highest BCUT2D eigenvalue weighted by molar-refractivity contribution is 9.10. The van der Waals surface area contributed by atoms with Gasteiger partial charge in [-0.15, -0.1) is 0 Å². The molecule has 1 heterocycles. The van der Waals surface area contributed by atoms with Gasteiger partial charge in [0.05, 0.1) is 0 Å². The molecule has 1 unspecified atom stereocenters. The van der Waals surface area contributed by atoms with Gasteiger partial charge in [-0.25, -0.2) is 0 Å². The van der Waals surface area contributed by atoms with E-state index in [4.69, 9.17) is 10.8 Å². The first-order valence-electron chi connectivity index (χ1n) is 4.34. The fourth-order valence-corrected chi connectivity index (χ4v) is 1.88. The van der Waals surface area contributed by atoms with Crippen LogP contribution in [0.3, 0.4) is 0 Å². The summed E-state index contributed by atoms with van der Waals surface area (Å²) in [6.45, 7) is 0. The van der Waals surface area contributed by atoms with Crippen molar-refractivity contribution in [3.8, 4) is 0 Å². The molecule has 0 amide bonds. The molecule has 1 aromatic carbocycles. The second kappa shape index (κ2) is 3.67. The molecule has 0 aliphatic carbocycles. The number of aromatic nitrogens is 1. The van der Waals surface area contributed by atoms with E-state index in [-0.39, 0.29) is 0 Å². The Morgan fingerprint density at radius 1 is 1.53 bits per heavy atom. The van der Waals surface area contributed by atoms with E-state index in [1.165, 1.54) is 0 Å². The SMILES string of the molecule is NC(C(=O)O)c1ccc2[nH]cc(Br)c2c1. The molecule has 2 rings (SSSR count). The number of aromatic amines is 1. The van der Waals surface area contributed by atoms with Gasteiger partial charge in [0.2, 0.25) is 0 Å². The van der Waals surface area contributed by atoms with Crippen molar-refractivity contribution in [1.29, 1.82) is 0 Å². The standard InChI is InChI=1S/C10H9BrN2O2/c11-7-4-13-8-2-1-5(3-6(7)8)9(12)10(14)15/h1-4,9,13H,12H2,(H,14,15). The highest BCUT2D eigenvalue weighted by atomic mass is 79.9. The number of carboxylic acids is 1. The Hall–Kier alpha value is -1.33. The third kappa shape index (κ3) is 1.75. The molecule has 0 bridgehead atoms. The topological polar surface area (TPSA) is 79.1 Å². The highest BCUT2D eigenvalue weighted by Crippen LogP contribution is 2.26. The number of carbonyl (C=O) groups is 1. The quantitative estimate of drug-likeness (QED) is 0.780. The minimum absolute atomic E-state index is 0.593. The Balaban J connectivity index is 2.54.